The van der Waals surface area contributed by atoms with Crippen LogP contribution in [0.5, 0.6) is 0 Å². The number of aryl methyl sites for hydroxylation is 1. The summed E-state index contributed by atoms with van der Waals surface area (Å²) in [7, 11) is -3.60. The van der Waals surface area contributed by atoms with Crippen molar-refractivity contribution >= 4 is 16.0 Å². The van der Waals surface area contributed by atoms with Gasteiger partial charge in [0.05, 0.1) is 19.2 Å². The van der Waals surface area contributed by atoms with Gasteiger partial charge in [0, 0.05) is 12.2 Å². The van der Waals surface area contributed by atoms with Gasteiger partial charge in [-0.2, -0.15) is 5.10 Å². The Morgan fingerprint density at radius 3 is 2.76 bits per heavy atom. The molecule has 8 heteroatoms. The highest BCUT2D eigenvalue weighted by Crippen LogP contribution is 2.32. The van der Waals surface area contributed by atoms with E-state index >= 15 is 0 Å². The number of rotatable bonds is 6. The van der Waals surface area contributed by atoms with Crippen LogP contribution in [0.1, 0.15) is 33.1 Å². The molecule has 1 saturated carbocycles. The number of aromatic nitrogens is 2. The van der Waals surface area contributed by atoms with E-state index in [1.807, 2.05) is 0 Å². The van der Waals surface area contributed by atoms with Crippen molar-refractivity contribution in [3.05, 3.63) is 12.4 Å². The third-order valence-corrected chi connectivity index (χ3v) is 5.69. The zero-order chi connectivity index (χ0) is 15.6. The van der Waals surface area contributed by atoms with Gasteiger partial charge >= 0.3 is 5.97 Å². The normalized spacial score (nSPS) is 26.1. The maximum Gasteiger partial charge on any atom is 0.305 e. The van der Waals surface area contributed by atoms with Crippen LogP contribution in [0.15, 0.2) is 17.3 Å². The first-order chi connectivity index (χ1) is 9.79. The molecule has 2 rings (SSSR count). The van der Waals surface area contributed by atoms with E-state index in [0.717, 1.165) is 12.8 Å². The Morgan fingerprint density at radius 1 is 1.48 bits per heavy atom. The van der Waals surface area contributed by atoms with Gasteiger partial charge in [0.15, 0.2) is 0 Å². The molecular weight excluding hydrogens is 294 g/mol. The molecule has 2 N–H and O–H groups in total. The second kappa shape index (κ2) is 6.15. The van der Waals surface area contributed by atoms with Crippen LogP contribution in [0, 0.1) is 11.8 Å². The number of hydrogen-bond donors (Lipinski definition) is 2. The fourth-order valence-electron chi connectivity index (χ4n) is 2.61. The number of nitrogens with one attached hydrogen (secondary N) is 1. The van der Waals surface area contributed by atoms with Crippen LogP contribution in [-0.2, 0) is 21.4 Å². The van der Waals surface area contributed by atoms with Gasteiger partial charge in [-0.1, -0.05) is 13.8 Å². The van der Waals surface area contributed by atoms with Gasteiger partial charge in [-0.05, 0) is 24.7 Å². The Morgan fingerprint density at radius 2 is 2.19 bits per heavy atom. The number of sulfonamides is 1. The van der Waals surface area contributed by atoms with Crippen LogP contribution in [0.4, 0.5) is 0 Å². The first-order valence-corrected chi connectivity index (χ1v) is 8.54. The average molecular weight is 315 g/mol. The predicted octanol–water partition coefficient (Wildman–Crippen LogP) is 1.07. The zero-order valence-electron chi connectivity index (χ0n) is 12.2. The number of hydrogen-bond acceptors (Lipinski definition) is 4. The van der Waals surface area contributed by atoms with E-state index in [9.17, 15) is 13.2 Å². The molecular formula is C13H21N3O4S. The molecule has 3 unspecified atom stereocenters. The van der Waals surface area contributed by atoms with Crippen LogP contribution < -0.4 is 4.72 Å². The van der Waals surface area contributed by atoms with Crippen molar-refractivity contribution in [3.8, 4) is 0 Å². The molecule has 1 fully saturated rings. The second-order valence-corrected chi connectivity index (χ2v) is 7.44. The Bertz CT molecular complexity index is 611. The molecule has 118 valence electrons. The van der Waals surface area contributed by atoms with Gasteiger partial charge in [-0.15, -0.1) is 0 Å². The highest BCUT2D eigenvalue weighted by molar-refractivity contribution is 7.89. The minimum absolute atomic E-state index is 0.0487. The van der Waals surface area contributed by atoms with Crippen LogP contribution in [0.2, 0.25) is 0 Å². The minimum atomic E-state index is -3.60. The molecule has 0 amide bonds. The van der Waals surface area contributed by atoms with E-state index in [2.05, 4.69) is 23.7 Å². The standard InChI is InChI=1S/C13H21N3O4S/c1-9-3-4-12(10(9)2)15-21(19,20)11-7-14-16(8-11)6-5-13(17)18/h7-10,12,15H,3-6H2,1-2H3,(H,17,18). The maximum atomic E-state index is 12.3. The van der Waals surface area contributed by atoms with Crippen molar-refractivity contribution < 1.29 is 18.3 Å². The van der Waals surface area contributed by atoms with Gasteiger partial charge in [-0.3, -0.25) is 9.48 Å². The van der Waals surface area contributed by atoms with Gasteiger partial charge in [0.2, 0.25) is 10.0 Å². The van der Waals surface area contributed by atoms with Crippen molar-refractivity contribution in [1.29, 1.82) is 0 Å². The lowest BCUT2D eigenvalue weighted by atomic mass is 9.98. The molecule has 1 aliphatic rings. The minimum Gasteiger partial charge on any atom is -0.481 e. The molecule has 3 atom stereocenters. The Labute approximate surface area is 124 Å². The topological polar surface area (TPSA) is 101 Å². The number of carboxylic acids is 1. The molecule has 1 aromatic rings. The van der Waals surface area contributed by atoms with E-state index in [1.54, 1.807) is 0 Å². The number of carbonyl (C=O) groups is 1. The second-order valence-electron chi connectivity index (χ2n) is 5.72. The summed E-state index contributed by atoms with van der Waals surface area (Å²) in [6.45, 7) is 4.34. The van der Waals surface area contributed by atoms with Crippen LogP contribution >= 0.6 is 0 Å². The molecule has 1 aromatic heterocycles. The summed E-state index contributed by atoms with van der Waals surface area (Å²) in [6, 6.07) is -0.0487. The quantitative estimate of drug-likeness (QED) is 0.817. The number of nitrogens with zero attached hydrogens (tertiary/aromatic N) is 2. The third-order valence-electron chi connectivity index (χ3n) is 4.25. The zero-order valence-corrected chi connectivity index (χ0v) is 13.0. The van der Waals surface area contributed by atoms with Crippen molar-refractivity contribution in [2.75, 3.05) is 0 Å². The monoisotopic (exact) mass is 315 g/mol. The Hall–Kier alpha value is -1.41. The van der Waals surface area contributed by atoms with E-state index in [4.69, 9.17) is 5.11 Å². The van der Waals surface area contributed by atoms with E-state index < -0.39 is 16.0 Å². The smallest absolute Gasteiger partial charge is 0.305 e. The fourth-order valence-corrected chi connectivity index (χ4v) is 3.93. The van der Waals surface area contributed by atoms with Gasteiger partial charge in [-0.25, -0.2) is 13.1 Å². The molecule has 0 spiro atoms. The van der Waals surface area contributed by atoms with E-state index in [0.29, 0.717) is 11.8 Å². The van der Waals surface area contributed by atoms with Crippen LogP contribution in [0.25, 0.3) is 0 Å². The van der Waals surface area contributed by atoms with Crippen molar-refractivity contribution in [1.82, 2.24) is 14.5 Å². The third kappa shape index (κ3) is 3.82. The lowest BCUT2D eigenvalue weighted by Crippen LogP contribution is -2.37. The van der Waals surface area contributed by atoms with E-state index in [-0.39, 0.29) is 23.9 Å². The summed E-state index contributed by atoms with van der Waals surface area (Å²) in [5.41, 5.74) is 0. The van der Waals surface area contributed by atoms with Crippen molar-refractivity contribution in [2.45, 2.75) is 50.6 Å². The Balaban J connectivity index is 2.04. The predicted molar refractivity (Wildman–Crippen MR) is 76.2 cm³/mol. The molecule has 1 heterocycles. The van der Waals surface area contributed by atoms with Gasteiger partial charge in [0.1, 0.15) is 4.90 Å². The molecule has 21 heavy (non-hydrogen) atoms. The molecule has 1 aliphatic carbocycles. The molecule has 0 saturated heterocycles. The van der Waals surface area contributed by atoms with Crippen molar-refractivity contribution in [3.63, 3.8) is 0 Å². The maximum absolute atomic E-state index is 12.3. The summed E-state index contributed by atoms with van der Waals surface area (Å²) >= 11 is 0. The average Bonchev–Trinajstić information content (AvgIpc) is 2.99. The first kappa shape index (κ1) is 16.0. The van der Waals surface area contributed by atoms with Crippen molar-refractivity contribution in [2.24, 2.45) is 11.8 Å². The molecule has 0 aliphatic heterocycles. The largest absolute Gasteiger partial charge is 0.481 e. The van der Waals surface area contributed by atoms with Gasteiger partial charge in [0.25, 0.3) is 0 Å². The summed E-state index contributed by atoms with van der Waals surface area (Å²) < 4.78 is 28.7. The van der Waals surface area contributed by atoms with Gasteiger partial charge < -0.3 is 5.11 Å². The lowest BCUT2D eigenvalue weighted by molar-refractivity contribution is -0.137. The molecule has 0 bridgehead atoms. The summed E-state index contributed by atoms with van der Waals surface area (Å²) in [5, 5.41) is 12.5. The fraction of sp³-hybridized carbons (Fsp3) is 0.692. The highest BCUT2D eigenvalue weighted by atomic mass is 32.2. The first-order valence-electron chi connectivity index (χ1n) is 7.06. The van der Waals surface area contributed by atoms with E-state index in [1.165, 1.54) is 17.1 Å². The SMILES string of the molecule is CC1CCC(NS(=O)(=O)c2cnn(CCC(=O)O)c2)C1C. The van der Waals surface area contributed by atoms with Crippen LogP contribution in [-0.4, -0.2) is 35.3 Å². The highest BCUT2D eigenvalue weighted by Gasteiger charge is 2.33. The Kier molecular flexibility index (Phi) is 4.67. The number of carboxylic acid groups (broad SMARTS) is 1. The summed E-state index contributed by atoms with van der Waals surface area (Å²) in [5.74, 6) is -0.125. The molecule has 0 radical (unpaired) electrons. The molecule has 0 aromatic carbocycles. The molecule has 7 nitrogen and oxygen atoms in total. The van der Waals surface area contributed by atoms with Crippen LogP contribution in [0.3, 0.4) is 0 Å². The summed E-state index contributed by atoms with van der Waals surface area (Å²) in [4.78, 5) is 10.6. The summed E-state index contributed by atoms with van der Waals surface area (Å²) in [6.07, 6.45) is 4.40. The lowest BCUT2D eigenvalue weighted by Gasteiger charge is -2.19. The number of aliphatic carboxylic acids is 1.